The van der Waals surface area contributed by atoms with Gasteiger partial charge in [0.05, 0.1) is 32.7 Å². The van der Waals surface area contributed by atoms with Gasteiger partial charge in [-0.25, -0.2) is 14.8 Å². The van der Waals surface area contributed by atoms with Crippen LogP contribution < -0.4 is 0 Å². The second kappa shape index (κ2) is 7.17. The maximum absolute atomic E-state index is 11.2. The molecule has 1 aromatic carbocycles. The standard InChI is InChI=1S/C21H15ClN4O2S/c22-14-3-8-19(23-10-14)29-18-11-26(15-4-5-15)25-20(18)17-7-1-12-9-13(21(27)28)2-6-16(12)24-17/h1-3,6-11,15H,4-5H2,(H,27,28). The minimum absolute atomic E-state index is 0.245. The monoisotopic (exact) mass is 422 g/mol. The molecule has 29 heavy (non-hydrogen) atoms. The molecule has 1 N–H and O–H groups in total. The van der Waals surface area contributed by atoms with Gasteiger partial charge in [-0.15, -0.1) is 0 Å². The van der Waals surface area contributed by atoms with Crippen LogP contribution in [0.1, 0.15) is 29.2 Å². The van der Waals surface area contributed by atoms with Crippen LogP contribution in [0.2, 0.25) is 5.02 Å². The largest absolute Gasteiger partial charge is 0.478 e. The van der Waals surface area contributed by atoms with Crippen molar-refractivity contribution in [3.05, 3.63) is 65.4 Å². The molecule has 0 saturated heterocycles. The molecule has 0 unspecified atom stereocenters. The first-order valence-electron chi connectivity index (χ1n) is 9.10. The predicted octanol–water partition coefficient (Wildman–Crippen LogP) is 5.33. The van der Waals surface area contributed by atoms with E-state index in [0.717, 1.165) is 45.1 Å². The highest BCUT2D eigenvalue weighted by molar-refractivity contribution is 7.99. The molecule has 0 radical (unpaired) electrons. The van der Waals surface area contributed by atoms with E-state index in [0.29, 0.717) is 11.1 Å². The number of halogens is 1. The fourth-order valence-electron chi connectivity index (χ4n) is 3.08. The summed E-state index contributed by atoms with van der Waals surface area (Å²) in [5.74, 6) is -0.951. The SMILES string of the molecule is O=C(O)c1ccc2nc(-c3nn(C4CC4)cc3Sc3ccc(Cl)cn3)ccc2c1. The topological polar surface area (TPSA) is 80.9 Å². The van der Waals surface area contributed by atoms with E-state index in [9.17, 15) is 9.90 Å². The van der Waals surface area contributed by atoms with Crippen LogP contribution in [-0.4, -0.2) is 30.8 Å². The Kier molecular flexibility index (Phi) is 4.49. The minimum Gasteiger partial charge on any atom is -0.478 e. The zero-order chi connectivity index (χ0) is 20.0. The third-order valence-electron chi connectivity index (χ3n) is 4.71. The Morgan fingerprint density at radius 2 is 2.03 bits per heavy atom. The maximum Gasteiger partial charge on any atom is 0.335 e. The van der Waals surface area contributed by atoms with Gasteiger partial charge in [0.15, 0.2) is 0 Å². The molecule has 1 aliphatic rings. The van der Waals surface area contributed by atoms with Crippen LogP contribution in [0.15, 0.2) is 64.8 Å². The van der Waals surface area contributed by atoms with E-state index in [1.165, 1.54) is 11.8 Å². The lowest BCUT2D eigenvalue weighted by atomic mass is 10.1. The van der Waals surface area contributed by atoms with E-state index in [4.69, 9.17) is 21.7 Å². The summed E-state index contributed by atoms with van der Waals surface area (Å²) < 4.78 is 2.01. The zero-order valence-electron chi connectivity index (χ0n) is 15.1. The van der Waals surface area contributed by atoms with Gasteiger partial charge in [0.1, 0.15) is 10.7 Å². The number of hydrogen-bond donors (Lipinski definition) is 1. The number of nitrogens with zero attached hydrogens (tertiary/aromatic N) is 4. The van der Waals surface area contributed by atoms with Gasteiger partial charge in [-0.05, 0) is 49.2 Å². The van der Waals surface area contributed by atoms with Crippen LogP contribution in [0.25, 0.3) is 22.3 Å². The smallest absolute Gasteiger partial charge is 0.335 e. The molecule has 0 aliphatic heterocycles. The summed E-state index contributed by atoms with van der Waals surface area (Å²) in [5, 5.41) is 16.2. The van der Waals surface area contributed by atoms with Crippen LogP contribution in [-0.2, 0) is 0 Å². The van der Waals surface area contributed by atoms with Crippen molar-refractivity contribution in [1.29, 1.82) is 0 Å². The predicted molar refractivity (Wildman–Crippen MR) is 112 cm³/mol. The Balaban J connectivity index is 1.56. The van der Waals surface area contributed by atoms with E-state index < -0.39 is 5.97 Å². The lowest BCUT2D eigenvalue weighted by Crippen LogP contribution is -1.97. The molecule has 1 fully saturated rings. The van der Waals surface area contributed by atoms with Crippen molar-refractivity contribution < 1.29 is 9.90 Å². The van der Waals surface area contributed by atoms with E-state index >= 15 is 0 Å². The highest BCUT2D eigenvalue weighted by Crippen LogP contribution is 2.40. The minimum atomic E-state index is -0.951. The summed E-state index contributed by atoms with van der Waals surface area (Å²) in [5.41, 5.74) is 2.52. The van der Waals surface area contributed by atoms with E-state index in [-0.39, 0.29) is 5.56 Å². The Labute approximate surface area is 175 Å². The van der Waals surface area contributed by atoms with E-state index in [1.807, 2.05) is 35.1 Å². The number of carboxylic acid groups (broad SMARTS) is 1. The average molecular weight is 423 g/mol. The normalized spacial score (nSPS) is 13.7. The molecule has 0 amide bonds. The van der Waals surface area contributed by atoms with E-state index in [1.54, 1.807) is 24.4 Å². The maximum atomic E-state index is 11.2. The van der Waals surface area contributed by atoms with Crippen molar-refractivity contribution >= 4 is 40.2 Å². The molecule has 6 nitrogen and oxygen atoms in total. The Morgan fingerprint density at radius 1 is 1.17 bits per heavy atom. The molecule has 1 aliphatic carbocycles. The lowest BCUT2D eigenvalue weighted by Gasteiger charge is -2.04. The third kappa shape index (κ3) is 3.71. The van der Waals surface area contributed by atoms with Gasteiger partial charge in [0.2, 0.25) is 0 Å². The van der Waals surface area contributed by atoms with Gasteiger partial charge in [-0.1, -0.05) is 29.4 Å². The lowest BCUT2D eigenvalue weighted by molar-refractivity contribution is 0.0697. The van der Waals surface area contributed by atoms with Crippen LogP contribution in [0, 0.1) is 0 Å². The Hall–Kier alpha value is -2.90. The summed E-state index contributed by atoms with van der Waals surface area (Å²) in [4.78, 5) is 21.3. The third-order valence-corrected chi connectivity index (χ3v) is 5.91. The van der Waals surface area contributed by atoms with Crippen LogP contribution in [0.3, 0.4) is 0 Å². The van der Waals surface area contributed by atoms with Gasteiger partial charge in [-0.2, -0.15) is 5.10 Å². The first kappa shape index (κ1) is 18.1. The fourth-order valence-corrected chi connectivity index (χ4v) is 4.06. The molecule has 3 aromatic heterocycles. The van der Waals surface area contributed by atoms with Crippen molar-refractivity contribution in [2.75, 3.05) is 0 Å². The van der Waals surface area contributed by atoms with Gasteiger partial charge in [0, 0.05) is 17.8 Å². The molecular weight excluding hydrogens is 408 g/mol. The second-order valence-electron chi connectivity index (χ2n) is 6.88. The summed E-state index contributed by atoms with van der Waals surface area (Å²) in [6.45, 7) is 0. The van der Waals surface area contributed by atoms with Crippen molar-refractivity contribution in [2.24, 2.45) is 0 Å². The number of fused-ring (bicyclic) bond motifs is 1. The van der Waals surface area contributed by atoms with Gasteiger partial charge < -0.3 is 5.11 Å². The highest BCUT2D eigenvalue weighted by Gasteiger charge is 2.27. The molecule has 0 bridgehead atoms. The average Bonchev–Trinajstić information content (AvgIpc) is 3.49. The summed E-state index contributed by atoms with van der Waals surface area (Å²) in [6, 6.07) is 12.8. The molecule has 0 atom stereocenters. The number of benzene rings is 1. The first-order chi connectivity index (χ1) is 14.1. The Bertz CT molecular complexity index is 1240. The molecule has 4 aromatic rings. The zero-order valence-corrected chi connectivity index (χ0v) is 16.7. The van der Waals surface area contributed by atoms with Crippen molar-refractivity contribution in [3.8, 4) is 11.4 Å². The number of rotatable bonds is 5. The molecule has 5 rings (SSSR count). The number of pyridine rings is 2. The van der Waals surface area contributed by atoms with Crippen LogP contribution in [0.5, 0.6) is 0 Å². The van der Waals surface area contributed by atoms with Gasteiger partial charge >= 0.3 is 5.97 Å². The quantitative estimate of drug-likeness (QED) is 0.468. The van der Waals surface area contributed by atoms with Gasteiger partial charge in [-0.3, -0.25) is 4.68 Å². The number of aromatic nitrogens is 4. The molecule has 144 valence electrons. The van der Waals surface area contributed by atoms with Gasteiger partial charge in [0.25, 0.3) is 0 Å². The van der Waals surface area contributed by atoms with Crippen molar-refractivity contribution in [3.63, 3.8) is 0 Å². The van der Waals surface area contributed by atoms with Crippen LogP contribution in [0.4, 0.5) is 0 Å². The highest BCUT2D eigenvalue weighted by atomic mass is 35.5. The van der Waals surface area contributed by atoms with E-state index in [2.05, 4.69) is 4.98 Å². The van der Waals surface area contributed by atoms with Crippen molar-refractivity contribution in [2.45, 2.75) is 28.8 Å². The Morgan fingerprint density at radius 3 is 2.76 bits per heavy atom. The molecule has 1 saturated carbocycles. The first-order valence-corrected chi connectivity index (χ1v) is 10.3. The molecule has 8 heteroatoms. The molecule has 3 heterocycles. The molecule has 0 spiro atoms. The summed E-state index contributed by atoms with van der Waals surface area (Å²) in [6.07, 6.45) is 5.94. The second-order valence-corrected chi connectivity index (χ2v) is 8.38. The number of aromatic carboxylic acids is 1. The van der Waals surface area contributed by atoms with Crippen LogP contribution >= 0.6 is 23.4 Å². The fraction of sp³-hybridized carbons (Fsp3) is 0.143. The number of carboxylic acids is 1. The molecular formula is C21H15ClN4O2S. The summed E-state index contributed by atoms with van der Waals surface area (Å²) >= 11 is 7.47. The van der Waals surface area contributed by atoms with Crippen molar-refractivity contribution in [1.82, 2.24) is 19.7 Å². The summed E-state index contributed by atoms with van der Waals surface area (Å²) in [7, 11) is 0. The number of carbonyl (C=O) groups is 1. The number of hydrogen-bond acceptors (Lipinski definition) is 5.